The van der Waals surface area contributed by atoms with Gasteiger partial charge in [0.2, 0.25) is 5.91 Å². The number of nitro benzene ring substituents is 1. The molecule has 2 aliphatic heterocycles. The van der Waals surface area contributed by atoms with E-state index in [1.54, 1.807) is 18.2 Å². The molecule has 2 aliphatic rings. The van der Waals surface area contributed by atoms with Crippen LogP contribution in [0.5, 0.6) is 5.75 Å². The second-order valence-electron chi connectivity index (χ2n) is 6.20. The zero-order valence-corrected chi connectivity index (χ0v) is 14.1. The number of hydrogen-bond donors (Lipinski definition) is 2. The van der Waals surface area contributed by atoms with E-state index in [0.717, 1.165) is 12.8 Å². The van der Waals surface area contributed by atoms with E-state index < -0.39 is 4.92 Å². The minimum atomic E-state index is -0.486. The number of nitro groups is 1. The van der Waals surface area contributed by atoms with Crippen LogP contribution in [0.2, 0.25) is 0 Å². The summed E-state index contributed by atoms with van der Waals surface area (Å²) in [4.78, 5) is 22.4. The van der Waals surface area contributed by atoms with Crippen LogP contribution in [0.4, 0.5) is 5.69 Å². The molecule has 2 saturated heterocycles. The average Bonchev–Trinajstić information content (AvgIpc) is 2.86. The number of amides is 1. The van der Waals surface area contributed by atoms with Gasteiger partial charge in [-0.15, -0.1) is 12.4 Å². The Bertz CT molecular complexity index is 586. The van der Waals surface area contributed by atoms with Crippen molar-refractivity contribution < 1.29 is 14.5 Å². The van der Waals surface area contributed by atoms with Gasteiger partial charge in [-0.25, -0.2) is 0 Å². The number of para-hydroxylation sites is 2. The van der Waals surface area contributed by atoms with Crippen LogP contribution in [-0.4, -0.2) is 35.6 Å². The summed E-state index contributed by atoms with van der Waals surface area (Å²) in [5.74, 6) is 0.139. The molecule has 2 atom stereocenters. The number of fused-ring (bicyclic) bond motifs is 2. The van der Waals surface area contributed by atoms with Crippen molar-refractivity contribution in [3.8, 4) is 5.75 Å². The first-order chi connectivity index (χ1) is 11.1. The molecule has 1 amide bonds. The van der Waals surface area contributed by atoms with Gasteiger partial charge < -0.3 is 15.4 Å². The largest absolute Gasteiger partial charge is 0.486 e. The number of carbonyl (C=O) groups excluding carboxylic acids is 1. The van der Waals surface area contributed by atoms with Crippen molar-refractivity contribution in [3.05, 3.63) is 34.4 Å². The monoisotopic (exact) mass is 355 g/mol. The standard InChI is InChI=1S/C16H21N3O4.ClH/c20-16(18-13-9-11-5-6-12(10-13)17-11)7-8-23-15-4-2-1-3-14(15)19(21)22;/h1-4,11-13,17H,5-10H2,(H,18,20);1H. The van der Waals surface area contributed by atoms with Crippen LogP contribution in [0.15, 0.2) is 24.3 Å². The molecule has 2 unspecified atom stereocenters. The molecule has 7 nitrogen and oxygen atoms in total. The van der Waals surface area contributed by atoms with Crippen LogP contribution in [-0.2, 0) is 4.79 Å². The molecule has 8 heteroatoms. The molecule has 2 bridgehead atoms. The molecule has 132 valence electrons. The molecule has 0 radical (unpaired) electrons. The van der Waals surface area contributed by atoms with E-state index in [2.05, 4.69) is 10.6 Å². The zero-order chi connectivity index (χ0) is 16.2. The van der Waals surface area contributed by atoms with Crippen LogP contribution in [0, 0.1) is 10.1 Å². The molecule has 2 heterocycles. The number of carbonyl (C=O) groups is 1. The number of benzene rings is 1. The molecule has 1 aromatic carbocycles. The molecular formula is C16H22ClN3O4. The van der Waals surface area contributed by atoms with Crippen LogP contribution in [0.1, 0.15) is 32.1 Å². The molecule has 2 fully saturated rings. The molecule has 3 rings (SSSR count). The molecule has 0 aliphatic carbocycles. The molecule has 0 saturated carbocycles. The van der Waals surface area contributed by atoms with E-state index >= 15 is 0 Å². The fourth-order valence-corrected chi connectivity index (χ4v) is 3.46. The van der Waals surface area contributed by atoms with E-state index in [1.807, 2.05) is 0 Å². The minimum Gasteiger partial charge on any atom is -0.486 e. The predicted octanol–water partition coefficient (Wildman–Crippen LogP) is 2.18. The predicted molar refractivity (Wildman–Crippen MR) is 91.6 cm³/mol. The maximum Gasteiger partial charge on any atom is 0.310 e. The Kier molecular flexibility index (Phi) is 6.39. The van der Waals surface area contributed by atoms with Crippen molar-refractivity contribution in [1.82, 2.24) is 10.6 Å². The number of piperidine rings is 1. The number of nitrogens with zero attached hydrogens (tertiary/aromatic N) is 1. The van der Waals surface area contributed by atoms with E-state index in [9.17, 15) is 14.9 Å². The van der Waals surface area contributed by atoms with Gasteiger partial charge in [-0.05, 0) is 31.7 Å². The van der Waals surface area contributed by atoms with Gasteiger partial charge in [-0.3, -0.25) is 14.9 Å². The highest BCUT2D eigenvalue weighted by atomic mass is 35.5. The van der Waals surface area contributed by atoms with Crippen molar-refractivity contribution in [2.45, 2.75) is 50.2 Å². The Labute approximate surface area is 146 Å². The summed E-state index contributed by atoms with van der Waals surface area (Å²) >= 11 is 0. The normalized spacial score (nSPS) is 24.8. The fraction of sp³-hybridized carbons (Fsp3) is 0.562. The number of nitrogens with one attached hydrogen (secondary N) is 2. The van der Waals surface area contributed by atoms with Gasteiger partial charge in [0.05, 0.1) is 18.0 Å². The van der Waals surface area contributed by atoms with Gasteiger partial charge >= 0.3 is 5.69 Å². The summed E-state index contributed by atoms with van der Waals surface area (Å²) in [7, 11) is 0. The molecule has 1 aromatic rings. The van der Waals surface area contributed by atoms with Crippen molar-refractivity contribution >= 4 is 24.0 Å². The van der Waals surface area contributed by atoms with Gasteiger partial charge in [0.1, 0.15) is 0 Å². The number of ether oxygens (including phenoxy) is 1. The highest BCUT2D eigenvalue weighted by Crippen LogP contribution is 2.27. The third-order valence-corrected chi connectivity index (χ3v) is 4.49. The van der Waals surface area contributed by atoms with Gasteiger partial charge in [0, 0.05) is 24.2 Å². The van der Waals surface area contributed by atoms with E-state index in [1.165, 1.54) is 18.9 Å². The summed E-state index contributed by atoms with van der Waals surface area (Å²) in [6, 6.07) is 7.48. The van der Waals surface area contributed by atoms with Crippen LogP contribution >= 0.6 is 12.4 Å². The van der Waals surface area contributed by atoms with Crippen molar-refractivity contribution in [2.75, 3.05) is 6.61 Å². The van der Waals surface area contributed by atoms with Gasteiger partial charge in [-0.2, -0.15) is 0 Å². The summed E-state index contributed by atoms with van der Waals surface area (Å²) < 4.78 is 5.40. The molecule has 0 aromatic heterocycles. The fourth-order valence-electron chi connectivity index (χ4n) is 3.46. The van der Waals surface area contributed by atoms with Crippen molar-refractivity contribution in [2.24, 2.45) is 0 Å². The maximum atomic E-state index is 12.0. The van der Waals surface area contributed by atoms with E-state index in [4.69, 9.17) is 4.74 Å². The Balaban J connectivity index is 0.00000208. The average molecular weight is 356 g/mol. The lowest BCUT2D eigenvalue weighted by Crippen LogP contribution is -2.48. The van der Waals surface area contributed by atoms with Gasteiger partial charge in [-0.1, -0.05) is 12.1 Å². The van der Waals surface area contributed by atoms with Crippen LogP contribution in [0.3, 0.4) is 0 Å². The van der Waals surface area contributed by atoms with Gasteiger partial charge in [0.15, 0.2) is 5.75 Å². The summed E-state index contributed by atoms with van der Waals surface area (Å²) in [6.45, 7) is 0.133. The van der Waals surface area contributed by atoms with Crippen molar-refractivity contribution in [1.29, 1.82) is 0 Å². The number of halogens is 1. The first kappa shape index (κ1) is 18.5. The smallest absolute Gasteiger partial charge is 0.310 e. The summed E-state index contributed by atoms with van der Waals surface area (Å²) in [6.07, 6.45) is 4.54. The highest BCUT2D eigenvalue weighted by molar-refractivity contribution is 5.85. The second kappa shape index (κ2) is 8.30. The molecule has 2 N–H and O–H groups in total. The summed E-state index contributed by atoms with van der Waals surface area (Å²) in [5.41, 5.74) is -0.0807. The van der Waals surface area contributed by atoms with Crippen LogP contribution < -0.4 is 15.4 Å². The third-order valence-electron chi connectivity index (χ3n) is 4.49. The number of rotatable bonds is 6. The first-order valence-corrected chi connectivity index (χ1v) is 8.03. The van der Waals surface area contributed by atoms with Gasteiger partial charge in [0.25, 0.3) is 0 Å². The van der Waals surface area contributed by atoms with Crippen LogP contribution in [0.25, 0.3) is 0 Å². The zero-order valence-electron chi connectivity index (χ0n) is 13.3. The Morgan fingerprint density at radius 3 is 2.62 bits per heavy atom. The van der Waals surface area contributed by atoms with Crippen molar-refractivity contribution in [3.63, 3.8) is 0 Å². The number of hydrogen-bond acceptors (Lipinski definition) is 5. The third kappa shape index (κ3) is 4.58. The Morgan fingerprint density at radius 1 is 1.29 bits per heavy atom. The second-order valence-corrected chi connectivity index (χ2v) is 6.20. The molecule has 0 spiro atoms. The summed E-state index contributed by atoms with van der Waals surface area (Å²) in [5, 5.41) is 17.5. The lowest BCUT2D eigenvalue weighted by molar-refractivity contribution is -0.385. The minimum absolute atomic E-state index is 0. The Hall–Kier alpha value is -1.86. The lowest BCUT2D eigenvalue weighted by atomic mass is 10.00. The topological polar surface area (TPSA) is 93.5 Å². The highest BCUT2D eigenvalue weighted by Gasteiger charge is 2.33. The molecule has 24 heavy (non-hydrogen) atoms. The Morgan fingerprint density at radius 2 is 1.96 bits per heavy atom. The first-order valence-electron chi connectivity index (χ1n) is 8.03. The quantitative estimate of drug-likeness (QED) is 0.602. The lowest BCUT2D eigenvalue weighted by Gasteiger charge is -2.29. The maximum absolute atomic E-state index is 12.0. The van der Waals surface area contributed by atoms with E-state index in [0.29, 0.717) is 12.1 Å². The SMILES string of the molecule is Cl.O=C(CCOc1ccccc1[N+](=O)[O-])NC1CC2CCC(C1)N2. The van der Waals surface area contributed by atoms with E-state index in [-0.39, 0.29) is 48.8 Å². The molecular weight excluding hydrogens is 334 g/mol.